The maximum atomic E-state index is 13.5. The van der Waals surface area contributed by atoms with E-state index in [1.54, 1.807) is 56.3 Å². The zero-order valence-electron chi connectivity index (χ0n) is 19.5. The molecule has 0 fully saturated rings. The van der Waals surface area contributed by atoms with Crippen LogP contribution in [0.5, 0.6) is 0 Å². The molecule has 0 aliphatic rings. The van der Waals surface area contributed by atoms with Gasteiger partial charge in [-0.25, -0.2) is 13.4 Å². The van der Waals surface area contributed by atoms with Crippen molar-refractivity contribution in [2.24, 2.45) is 0 Å². The second-order valence-corrected chi connectivity index (χ2v) is 10.7. The van der Waals surface area contributed by atoms with E-state index >= 15 is 0 Å². The summed E-state index contributed by atoms with van der Waals surface area (Å²) in [6, 6.07) is 15.3. The van der Waals surface area contributed by atoms with Crippen molar-refractivity contribution >= 4 is 38.4 Å². The topological polar surface area (TPSA) is 98.1 Å². The average molecular weight is 510 g/mol. The second-order valence-electron chi connectivity index (χ2n) is 8.41. The van der Waals surface area contributed by atoms with E-state index in [4.69, 9.17) is 11.6 Å². The molecule has 0 saturated heterocycles. The van der Waals surface area contributed by atoms with E-state index in [1.165, 1.54) is 16.8 Å². The summed E-state index contributed by atoms with van der Waals surface area (Å²) in [6.07, 6.45) is 1.21. The molecule has 2 aromatic carbocycles. The Kier molecular flexibility index (Phi) is 6.78. The standard InChI is InChI=1S/C26H24ClN3O4S/c1-16-8-11-22(17(2)12-16)35(33,34)23-14-30(26-20(25(23)32)10-9-18(3)29-26)15-24(31)28-13-19-6-4-5-7-21(19)27/h4-12,14H,13,15H2,1-3H3,(H,28,31). The molecule has 2 heterocycles. The van der Waals surface area contributed by atoms with Crippen molar-refractivity contribution in [2.45, 2.75) is 43.7 Å². The molecule has 0 saturated carbocycles. The predicted octanol–water partition coefficient (Wildman–Crippen LogP) is 4.12. The highest BCUT2D eigenvalue weighted by Crippen LogP contribution is 2.24. The number of hydrogen-bond acceptors (Lipinski definition) is 5. The molecule has 0 atom stereocenters. The zero-order chi connectivity index (χ0) is 25.3. The molecule has 9 heteroatoms. The lowest BCUT2D eigenvalue weighted by Crippen LogP contribution is -2.29. The van der Waals surface area contributed by atoms with Crippen molar-refractivity contribution < 1.29 is 13.2 Å². The van der Waals surface area contributed by atoms with Gasteiger partial charge >= 0.3 is 0 Å². The van der Waals surface area contributed by atoms with Crippen LogP contribution < -0.4 is 10.7 Å². The molecule has 0 aliphatic heterocycles. The molecule has 1 N–H and O–H groups in total. The summed E-state index contributed by atoms with van der Waals surface area (Å²) in [7, 11) is -4.15. The Hall–Kier alpha value is -3.49. The van der Waals surface area contributed by atoms with Crippen molar-refractivity contribution in [3.05, 3.63) is 98.4 Å². The van der Waals surface area contributed by atoms with E-state index < -0.39 is 20.2 Å². The van der Waals surface area contributed by atoms with E-state index in [0.717, 1.165) is 11.1 Å². The van der Waals surface area contributed by atoms with Crippen molar-refractivity contribution in [1.29, 1.82) is 0 Å². The van der Waals surface area contributed by atoms with Crippen LogP contribution in [0.1, 0.15) is 22.4 Å². The molecule has 35 heavy (non-hydrogen) atoms. The lowest BCUT2D eigenvalue weighted by Gasteiger charge is -2.15. The van der Waals surface area contributed by atoms with Crippen LogP contribution >= 0.6 is 11.6 Å². The number of carbonyl (C=O) groups is 1. The average Bonchev–Trinajstić information content (AvgIpc) is 2.80. The van der Waals surface area contributed by atoms with Gasteiger partial charge in [0, 0.05) is 23.5 Å². The normalized spacial score (nSPS) is 11.5. The Labute approximate surface area is 208 Å². The Bertz CT molecular complexity index is 1630. The van der Waals surface area contributed by atoms with Crippen LogP contribution in [0, 0.1) is 20.8 Å². The van der Waals surface area contributed by atoms with Gasteiger partial charge in [-0.2, -0.15) is 0 Å². The lowest BCUT2D eigenvalue weighted by molar-refractivity contribution is -0.121. The lowest BCUT2D eigenvalue weighted by atomic mass is 10.2. The van der Waals surface area contributed by atoms with Crippen LogP contribution in [-0.4, -0.2) is 23.9 Å². The number of amides is 1. The Morgan fingerprint density at radius 3 is 2.49 bits per heavy atom. The van der Waals surface area contributed by atoms with Gasteiger partial charge in [0.25, 0.3) is 0 Å². The predicted molar refractivity (Wildman–Crippen MR) is 135 cm³/mol. The Morgan fingerprint density at radius 2 is 1.77 bits per heavy atom. The summed E-state index contributed by atoms with van der Waals surface area (Å²) < 4.78 is 28.5. The van der Waals surface area contributed by atoms with Crippen LogP contribution in [0.3, 0.4) is 0 Å². The minimum absolute atomic E-state index is 0.0503. The molecular weight excluding hydrogens is 486 g/mol. The smallest absolute Gasteiger partial charge is 0.240 e. The van der Waals surface area contributed by atoms with Gasteiger partial charge in [0.2, 0.25) is 21.2 Å². The third-order valence-electron chi connectivity index (χ3n) is 5.69. The van der Waals surface area contributed by atoms with Gasteiger partial charge in [-0.05, 0) is 56.2 Å². The van der Waals surface area contributed by atoms with Crippen molar-refractivity contribution in [3.63, 3.8) is 0 Å². The first-order valence-corrected chi connectivity index (χ1v) is 12.8. The number of rotatable bonds is 6. The number of nitrogens with zero attached hydrogens (tertiary/aromatic N) is 2. The molecule has 2 aromatic heterocycles. The fraction of sp³-hybridized carbons (Fsp3) is 0.192. The largest absolute Gasteiger partial charge is 0.350 e. The monoisotopic (exact) mass is 509 g/mol. The first kappa shape index (κ1) is 24.6. The highest BCUT2D eigenvalue weighted by atomic mass is 35.5. The summed E-state index contributed by atoms with van der Waals surface area (Å²) in [5.41, 5.74) is 2.41. The number of fused-ring (bicyclic) bond motifs is 1. The molecule has 1 amide bonds. The van der Waals surface area contributed by atoms with Crippen molar-refractivity contribution in [3.8, 4) is 0 Å². The van der Waals surface area contributed by atoms with E-state index in [1.807, 2.05) is 13.0 Å². The molecule has 0 spiro atoms. The number of aryl methyl sites for hydroxylation is 3. The molecule has 180 valence electrons. The van der Waals surface area contributed by atoms with Gasteiger partial charge in [-0.3, -0.25) is 9.59 Å². The van der Waals surface area contributed by atoms with Gasteiger partial charge in [0.05, 0.1) is 10.3 Å². The van der Waals surface area contributed by atoms with Crippen molar-refractivity contribution in [2.75, 3.05) is 0 Å². The van der Waals surface area contributed by atoms with Gasteiger partial charge < -0.3 is 9.88 Å². The number of aromatic nitrogens is 2. The Morgan fingerprint density at radius 1 is 1.03 bits per heavy atom. The molecule has 4 rings (SSSR count). The highest BCUT2D eigenvalue weighted by molar-refractivity contribution is 7.91. The highest BCUT2D eigenvalue weighted by Gasteiger charge is 2.26. The quantitative estimate of drug-likeness (QED) is 0.421. The summed E-state index contributed by atoms with van der Waals surface area (Å²) in [5.74, 6) is -0.381. The van der Waals surface area contributed by atoms with Gasteiger partial charge in [-0.15, -0.1) is 0 Å². The fourth-order valence-electron chi connectivity index (χ4n) is 3.91. The van der Waals surface area contributed by atoms with Gasteiger partial charge in [0.15, 0.2) is 0 Å². The number of nitrogens with one attached hydrogen (secondary N) is 1. The number of pyridine rings is 2. The van der Waals surface area contributed by atoms with Crippen LogP contribution in [-0.2, 0) is 27.7 Å². The molecule has 7 nitrogen and oxygen atoms in total. The zero-order valence-corrected chi connectivity index (χ0v) is 21.1. The second kappa shape index (κ2) is 9.64. The molecule has 0 aliphatic carbocycles. The molecule has 0 bridgehead atoms. The minimum atomic E-state index is -4.15. The van der Waals surface area contributed by atoms with Gasteiger partial charge in [-0.1, -0.05) is 47.5 Å². The summed E-state index contributed by atoms with van der Waals surface area (Å²) >= 11 is 6.16. The van der Waals surface area contributed by atoms with Crippen LogP contribution in [0.15, 0.2) is 75.4 Å². The first-order chi connectivity index (χ1) is 16.6. The maximum absolute atomic E-state index is 13.5. The SMILES string of the molecule is Cc1ccc(S(=O)(=O)c2cn(CC(=O)NCc3ccccc3Cl)c3nc(C)ccc3c2=O)c(C)c1. The number of hydrogen-bond donors (Lipinski definition) is 1. The van der Waals surface area contributed by atoms with E-state index in [2.05, 4.69) is 10.3 Å². The first-order valence-electron chi connectivity index (χ1n) is 10.9. The number of benzene rings is 2. The number of sulfone groups is 1. The summed E-state index contributed by atoms with van der Waals surface area (Å²) in [5, 5.41) is 3.44. The third-order valence-corrected chi connectivity index (χ3v) is 7.96. The Balaban J connectivity index is 1.78. The molecule has 0 unspecified atom stereocenters. The van der Waals surface area contributed by atoms with Crippen LogP contribution in [0.4, 0.5) is 0 Å². The van der Waals surface area contributed by atoms with Crippen LogP contribution in [0.2, 0.25) is 5.02 Å². The van der Waals surface area contributed by atoms with E-state index in [0.29, 0.717) is 16.3 Å². The molecule has 0 radical (unpaired) electrons. The number of carbonyl (C=O) groups excluding carboxylic acids is 1. The summed E-state index contributed by atoms with van der Waals surface area (Å²) in [6.45, 7) is 5.28. The van der Waals surface area contributed by atoms with Gasteiger partial charge in [0.1, 0.15) is 17.1 Å². The maximum Gasteiger partial charge on any atom is 0.240 e. The molecule has 4 aromatic rings. The minimum Gasteiger partial charge on any atom is -0.350 e. The number of halogens is 1. The summed E-state index contributed by atoms with van der Waals surface area (Å²) in [4.78, 5) is 30.1. The van der Waals surface area contributed by atoms with Crippen LogP contribution in [0.25, 0.3) is 11.0 Å². The third kappa shape index (κ3) is 4.99. The molecular formula is C26H24ClN3O4S. The van der Waals surface area contributed by atoms with E-state index in [9.17, 15) is 18.0 Å². The fourth-order valence-corrected chi connectivity index (χ4v) is 5.70. The van der Waals surface area contributed by atoms with Crippen molar-refractivity contribution in [1.82, 2.24) is 14.9 Å². The van der Waals surface area contributed by atoms with E-state index in [-0.39, 0.29) is 34.9 Å².